The summed E-state index contributed by atoms with van der Waals surface area (Å²) >= 11 is 1.27. The zero-order chi connectivity index (χ0) is 21.9. The van der Waals surface area contributed by atoms with Gasteiger partial charge in [0, 0.05) is 16.3 Å². The predicted octanol–water partition coefficient (Wildman–Crippen LogP) is 3.86. The van der Waals surface area contributed by atoms with E-state index < -0.39 is 17.7 Å². The van der Waals surface area contributed by atoms with E-state index in [4.69, 9.17) is 9.47 Å². The van der Waals surface area contributed by atoms with Crippen molar-refractivity contribution in [2.45, 2.75) is 45.1 Å². The van der Waals surface area contributed by atoms with E-state index in [1.807, 2.05) is 0 Å². The van der Waals surface area contributed by atoms with Gasteiger partial charge in [-0.05, 0) is 58.9 Å². The zero-order valence-electron chi connectivity index (χ0n) is 17.4. The van der Waals surface area contributed by atoms with Crippen LogP contribution < -0.4 is 10.7 Å². The van der Waals surface area contributed by atoms with E-state index >= 15 is 0 Å². The lowest BCUT2D eigenvalue weighted by Gasteiger charge is -2.19. The van der Waals surface area contributed by atoms with Gasteiger partial charge >= 0.3 is 12.1 Å². The number of benzene rings is 1. The van der Waals surface area contributed by atoms with Crippen molar-refractivity contribution in [3.63, 3.8) is 0 Å². The number of rotatable bonds is 9. The number of hydrogen-bond donors (Lipinski definition) is 2. The summed E-state index contributed by atoms with van der Waals surface area (Å²) in [4.78, 5) is 25.3. The predicted molar refractivity (Wildman–Crippen MR) is 112 cm³/mol. The third-order valence-corrected chi connectivity index (χ3v) is 4.26. The second-order valence-corrected chi connectivity index (χ2v) is 7.84. The third-order valence-electron chi connectivity index (χ3n) is 3.10. The molecule has 1 aromatic carbocycles. The van der Waals surface area contributed by atoms with Gasteiger partial charge in [-0.15, -0.1) is 0 Å². The Morgan fingerprint density at radius 2 is 1.86 bits per heavy atom. The number of halogens is 1. The van der Waals surface area contributed by atoms with Crippen molar-refractivity contribution in [2.75, 3.05) is 19.7 Å². The summed E-state index contributed by atoms with van der Waals surface area (Å²) in [6.07, 6.45) is 1.19. The van der Waals surface area contributed by atoms with E-state index in [0.717, 1.165) is 4.90 Å². The molecule has 0 bridgehead atoms. The molecule has 0 heterocycles. The molecule has 0 fully saturated rings. The van der Waals surface area contributed by atoms with Gasteiger partial charge in [0.15, 0.2) is 5.71 Å². The Hall–Kier alpha value is -2.55. The van der Waals surface area contributed by atoms with Gasteiger partial charge in [0.25, 0.3) is 0 Å². The molecular formula is C20H28FN3O4S. The van der Waals surface area contributed by atoms with Crippen LogP contribution in [0.3, 0.4) is 0 Å². The largest absolute Gasteiger partial charge is 0.461 e. The van der Waals surface area contributed by atoms with Crippen molar-refractivity contribution in [3.8, 4) is 0 Å². The number of alkyl carbamates (subject to hydrolysis) is 1. The molecule has 0 saturated heterocycles. The minimum atomic E-state index is -0.581. The van der Waals surface area contributed by atoms with Crippen molar-refractivity contribution in [1.29, 1.82) is 0 Å². The SMILES string of the molecule is C/C=C(Sc1ccc(F)cc1)/C(=N\NCCNC(=O)OC(C)(C)C)C(=O)OCC. The first-order valence-corrected chi connectivity index (χ1v) is 10.0. The first kappa shape index (κ1) is 24.5. The summed E-state index contributed by atoms with van der Waals surface area (Å²) in [7, 11) is 0. The van der Waals surface area contributed by atoms with Crippen LogP contribution in [0.1, 0.15) is 34.6 Å². The van der Waals surface area contributed by atoms with Gasteiger partial charge in [-0.2, -0.15) is 5.10 Å². The smallest absolute Gasteiger partial charge is 0.407 e. The molecule has 7 nitrogen and oxygen atoms in total. The maximum Gasteiger partial charge on any atom is 0.407 e. The molecule has 0 atom stereocenters. The monoisotopic (exact) mass is 425 g/mol. The Morgan fingerprint density at radius 3 is 2.41 bits per heavy atom. The molecule has 0 aromatic heterocycles. The lowest BCUT2D eigenvalue weighted by Crippen LogP contribution is -2.36. The van der Waals surface area contributed by atoms with Gasteiger partial charge in [-0.25, -0.2) is 14.0 Å². The number of nitrogens with one attached hydrogen (secondary N) is 2. The molecule has 160 valence electrons. The molecule has 0 aliphatic carbocycles. The Morgan fingerprint density at radius 1 is 1.21 bits per heavy atom. The van der Waals surface area contributed by atoms with Crippen molar-refractivity contribution >= 4 is 29.5 Å². The highest BCUT2D eigenvalue weighted by Crippen LogP contribution is 2.28. The molecule has 2 N–H and O–H groups in total. The number of allylic oxidation sites excluding steroid dienone is 1. The first-order chi connectivity index (χ1) is 13.7. The molecular weight excluding hydrogens is 397 g/mol. The second kappa shape index (κ2) is 12.1. The molecule has 0 spiro atoms. The minimum Gasteiger partial charge on any atom is -0.461 e. The van der Waals surface area contributed by atoms with Crippen LogP contribution in [-0.4, -0.2) is 43.1 Å². The molecule has 0 saturated carbocycles. The molecule has 0 aliphatic heterocycles. The maximum atomic E-state index is 13.1. The average Bonchev–Trinajstić information content (AvgIpc) is 2.63. The van der Waals surface area contributed by atoms with Crippen LogP contribution in [0.5, 0.6) is 0 Å². The highest BCUT2D eigenvalue weighted by molar-refractivity contribution is 8.04. The Balaban J connectivity index is 2.74. The summed E-state index contributed by atoms with van der Waals surface area (Å²) < 4.78 is 23.3. The Bertz CT molecular complexity index is 743. The number of carbonyl (C=O) groups excluding carboxylic acids is 2. The normalized spacial score (nSPS) is 12.3. The summed E-state index contributed by atoms with van der Waals surface area (Å²) in [6.45, 7) is 9.54. The molecule has 9 heteroatoms. The van der Waals surface area contributed by atoms with Gasteiger partial charge in [-0.3, -0.25) is 0 Å². The van der Waals surface area contributed by atoms with E-state index in [1.165, 1.54) is 23.9 Å². The quantitative estimate of drug-likeness (QED) is 0.205. The van der Waals surface area contributed by atoms with Gasteiger partial charge < -0.3 is 20.2 Å². The van der Waals surface area contributed by atoms with E-state index in [9.17, 15) is 14.0 Å². The van der Waals surface area contributed by atoms with Crippen LogP contribution in [0.15, 0.2) is 45.2 Å². The molecule has 0 unspecified atom stereocenters. The van der Waals surface area contributed by atoms with Crippen molar-refractivity contribution < 1.29 is 23.5 Å². The zero-order valence-corrected chi connectivity index (χ0v) is 18.2. The Labute approximate surface area is 175 Å². The van der Waals surface area contributed by atoms with E-state index in [-0.39, 0.29) is 31.2 Å². The topological polar surface area (TPSA) is 89.0 Å². The molecule has 1 aromatic rings. The van der Waals surface area contributed by atoms with Crippen molar-refractivity contribution in [3.05, 3.63) is 41.1 Å². The number of esters is 1. The maximum absolute atomic E-state index is 13.1. The number of thioether (sulfide) groups is 1. The molecule has 0 radical (unpaired) electrons. The molecule has 1 rings (SSSR count). The van der Waals surface area contributed by atoms with Crippen LogP contribution in [0.25, 0.3) is 0 Å². The minimum absolute atomic E-state index is 0.0981. The van der Waals surface area contributed by atoms with Crippen LogP contribution in [-0.2, 0) is 14.3 Å². The summed E-state index contributed by atoms with van der Waals surface area (Å²) in [6, 6.07) is 5.92. The van der Waals surface area contributed by atoms with E-state index in [2.05, 4.69) is 15.8 Å². The summed E-state index contributed by atoms with van der Waals surface area (Å²) in [5.41, 5.74) is 2.28. The van der Waals surface area contributed by atoms with Crippen LogP contribution in [0.2, 0.25) is 0 Å². The summed E-state index contributed by atoms with van der Waals surface area (Å²) in [5.74, 6) is -0.919. The fourth-order valence-electron chi connectivity index (χ4n) is 1.94. The van der Waals surface area contributed by atoms with E-state index in [0.29, 0.717) is 4.91 Å². The van der Waals surface area contributed by atoms with Gasteiger partial charge in [0.05, 0.1) is 13.2 Å². The van der Waals surface area contributed by atoms with Crippen molar-refractivity contribution in [1.82, 2.24) is 10.7 Å². The number of carbonyl (C=O) groups is 2. The highest BCUT2D eigenvalue weighted by atomic mass is 32.2. The number of hydrazone groups is 1. The number of amides is 1. The van der Waals surface area contributed by atoms with Crippen molar-refractivity contribution in [2.24, 2.45) is 5.10 Å². The molecule has 29 heavy (non-hydrogen) atoms. The number of ether oxygens (including phenoxy) is 2. The first-order valence-electron chi connectivity index (χ1n) is 9.21. The average molecular weight is 426 g/mol. The second-order valence-electron chi connectivity index (χ2n) is 6.73. The molecule has 1 amide bonds. The Kier molecular flexibility index (Phi) is 10.2. The highest BCUT2D eigenvalue weighted by Gasteiger charge is 2.19. The third kappa shape index (κ3) is 9.98. The fraction of sp³-hybridized carbons (Fsp3) is 0.450. The van der Waals surface area contributed by atoms with Gasteiger partial charge in [0.2, 0.25) is 0 Å². The summed E-state index contributed by atoms with van der Waals surface area (Å²) in [5, 5.41) is 6.73. The van der Waals surface area contributed by atoms with Crippen LogP contribution >= 0.6 is 11.8 Å². The van der Waals surface area contributed by atoms with Gasteiger partial charge in [-0.1, -0.05) is 17.8 Å². The lowest BCUT2D eigenvalue weighted by molar-refractivity contribution is -0.134. The lowest BCUT2D eigenvalue weighted by atomic mass is 10.2. The molecule has 0 aliphatic rings. The van der Waals surface area contributed by atoms with E-state index in [1.54, 1.807) is 52.8 Å². The van der Waals surface area contributed by atoms with Gasteiger partial charge in [0.1, 0.15) is 11.4 Å². The fourth-order valence-corrected chi connectivity index (χ4v) is 2.81. The number of nitrogens with zero attached hydrogens (tertiary/aromatic N) is 1. The van der Waals surface area contributed by atoms with Crippen LogP contribution in [0.4, 0.5) is 9.18 Å². The number of hydrogen-bond acceptors (Lipinski definition) is 7. The standard InChI is InChI=1S/C20H28FN3O4S/c1-6-16(29-15-10-8-14(21)9-11-15)17(18(25)27-7-2)24-23-13-12-22-19(26)28-20(3,4)5/h6,8-11,23H,7,12-13H2,1-5H3,(H,22,26)/b16-6-,24-17+. The van der Waals surface area contributed by atoms with Crippen LogP contribution in [0, 0.1) is 5.82 Å².